The molecule has 29 heavy (non-hydrogen) atoms. The zero-order valence-corrected chi connectivity index (χ0v) is 16.5. The molecule has 0 aliphatic carbocycles. The van der Waals surface area contributed by atoms with Gasteiger partial charge in [-0.1, -0.05) is 54.1 Å². The van der Waals surface area contributed by atoms with Crippen molar-refractivity contribution >= 4 is 17.5 Å². The fourth-order valence-electron chi connectivity index (χ4n) is 3.78. The summed E-state index contributed by atoms with van der Waals surface area (Å²) in [6.07, 6.45) is 0. The highest BCUT2D eigenvalue weighted by Crippen LogP contribution is 2.41. The molecule has 0 spiro atoms. The van der Waals surface area contributed by atoms with Crippen molar-refractivity contribution < 1.29 is 4.74 Å². The van der Waals surface area contributed by atoms with Crippen LogP contribution in [0.25, 0.3) is 0 Å². The minimum Gasteiger partial charge on any atom is -0.442 e. The van der Waals surface area contributed by atoms with E-state index in [1.807, 2.05) is 43.3 Å². The normalized spacial score (nSPS) is 17.9. The van der Waals surface area contributed by atoms with Crippen LogP contribution in [0.4, 0.5) is 0 Å². The average Bonchev–Trinajstić information content (AvgIpc) is 2.71. The molecule has 1 aliphatic heterocycles. The molecule has 0 fully saturated rings. The van der Waals surface area contributed by atoms with Crippen LogP contribution < -0.4 is 10.3 Å². The molecule has 2 atom stereocenters. The number of aromatic nitrogens is 1. The van der Waals surface area contributed by atoms with E-state index < -0.39 is 11.8 Å². The topological polar surface area (TPSA) is 78.9 Å². The van der Waals surface area contributed by atoms with E-state index in [0.717, 1.165) is 11.3 Å². The van der Waals surface area contributed by atoms with E-state index in [2.05, 4.69) is 6.07 Å². The Morgan fingerprint density at radius 2 is 1.93 bits per heavy atom. The fraction of sp³-hybridized carbons (Fsp3) is 0.174. The van der Waals surface area contributed by atoms with Gasteiger partial charge in [0.25, 0.3) is 5.56 Å². The van der Waals surface area contributed by atoms with Crippen LogP contribution in [0.1, 0.15) is 28.3 Å². The van der Waals surface area contributed by atoms with Gasteiger partial charge in [-0.3, -0.25) is 10.2 Å². The highest BCUT2D eigenvalue weighted by molar-refractivity contribution is 6.30. The lowest BCUT2D eigenvalue weighted by atomic mass is 9.79. The zero-order valence-electron chi connectivity index (χ0n) is 15.7. The van der Waals surface area contributed by atoms with Crippen LogP contribution in [0.15, 0.2) is 65.5 Å². The first kappa shape index (κ1) is 19.0. The molecule has 1 aliphatic rings. The lowest BCUT2D eigenvalue weighted by molar-refractivity contribution is 0.441. The van der Waals surface area contributed by atoms with Crippen molar-refractivity contribution in [2.75, 3.05) is 0 Å². The maximum atomic E-state index is 13.5. The molecule has 3 aromatic rings. The van der Waals surface area contributed by atoms with Gasteiger partial charge in [0.1, 0.15) is 11.7 Å². The smallest absolute Gasteiger partial charge is 0.258 e. The highest BCUT2D eigenvalue weighted by Gasteiger charge is 2.39. The number of rotatable bonds is 3. The summed E-state index contributed by atoms with van der Waals surface area (Å²) in [6, 6.07) is 20.7. The minimum atomic E-state index is -0.901. The number of fused-ring (bicyclic) bond motifs is 1. The van der Waals surface area contributed by atoms with Gasteiger partial charge in [-0.2, -0.15) is 5.26 Å². The van der Waals surface area contributed by atoms with Gasteiger partial charge in [0, 0.05) is 22.7 Å². The van der Waals surface area contributed by atoms with Crippen LogP contribution in [0.5, 0.6) is 5.75 Å². The van der Waals surface area contributed by atoms with Crippen LogP contribution >= 0.6 is 11.6 Å². The Balaban J connectivity index is 1.93. The fourth-order valence-corrected chi connectivity index (χ4v) is 3.98. The van der Waals surface area contributed by atoms with Crippen molar-refractivity contribution in [1.29, 1.82) is 10.7 Å². The predicted octanol–water partition coefficient (Wildman–Crippen LogP) is 4.50. The summed E-state index contributed by atoms with van der Waals surface area (Å²) in [7, 11) is 0. The second-order valence-corrected chi connectivity index (χ2v) is 7.48. The molecule has 1 N–H and O–H groups in total. The van der Waals surface area contributed by atoms with Gasteiger partial charge in [0.15, 0.2) is 0 Å². The quantitative estimate of drug-likeness (QED) is 0.699. The monoisotopic (exact) mass is 403 g/mol. The molecule has 0 amide bonds. The van der Waals surface area contributed by atoms with E-state index in [-0.39, 0.29) is 11.5 Å². The second kappa shape index (κ2) is 7.57. The third-order valence-corrected chi connectivity index (χ3v) is 5.42. The molecule has 0 radical (unpaired) electrons. The third kappa shape index (κ3) is 3.43. The first-order valence-electron chi connectivity index (χ1n) is 9.19. The van der Waals surface area contributed by atoms with Crippen LogP contribution in [0, 0.1) is 29.6 Å². The maximum absolute atomic E-state index is 13.5. The standard InChI is InChI=1S/C23H18ClN3O2/c1-14-10-19-21(23(28)27(14)13-15-6-3-2-4-7-15)20(18(12-25)22(26)29-19)16-8-5-9-17(24)11-16/h2-11,18,20,26H,13H2,1H3. The van der Waals surface area contributed by atoms with Crippen molar-refractivity contribution in [2.24, 2.45) is 5.92 Å². The van der Waals surface area contributed by atoms with E-state index in [1.165, 1.54) is 0 Å². The average molecular weight is 404 g/mol. The molecule has 2 heterocycles. The van der Waals surface area contributed by atoms with E-state index in [0.29, 0.717) is 28.4 Å². The van der Waals surface area contributed by atoms with E-state index in [4.69, 9.17) is 21.7 Å². The summed E-state index contributed by atoms with van der Waals surface area (Å²) in [5.41, 5.74) is 2.60. The van der Waals surface area contributed by atoms with E-state index >= 15 is 0 Å². The highest BCUT2D eigenvalue weighted by atomic mass is 35.5. The number of halogens is 1. The number of ether oxygens (including phenoxy) is 1. The molecule has 2 unspecified atom stereocenters. The molecule has 2 aromatic carbocycles. The Bertz CT molecular complexity index is 1190. The number of hydrogen-bond acceptors (Lipinski definition) is 4. The lowest BCUT2D eigenvalue weighted by Gasteiger charge is -2.31. The van der Waals surface area contributed by atoms with Gasteiger partial charge < -0.3 is 9.30 Å². The number of pyridine rings is 1. The van der Waals surface area contributed by atoms with Crippen LogP contribution in [-0.2, 0) is 6.54 Å². The summed E-state index contributed by atoms with van der Waals surface area (Å²) in [5.74, 6) is -1.35. The van der Waals surface area contributed by atoms with Crippen LogP contribution in [0.2, 0.25) is 5.02 Å². The first-order valence-corrected chi connectivity index (χ1v) is 9.57. The second-order valence-electron chi connectivity index (χ2n) is 7.05. The maximum Gasteiger partial charge on any atom is 0.258 e. The van der Waals surface area contributed by atoms with Gasteiger partial charge in [-0.05, 0) is 30.2 Å². The third-order valence-electron chi connectivity index (χ3n) is 5.18. The molecule has 0 saturated carbocycles. The Hall–Kier alpha value is -3.36. The molecule has 1 aromatic heterocycles. The number of nitrogens with one attached hydrogen (secondary N) is 1. The molecule has 5 nitrogen and oxygen atoms in total. The largest absolute Gasteiger partial charge is 0.442 e. The molecule has 6 heteroatoms. The van der Waals surface area contributed by atoms with E-state index in [1.54, 1.807) is 28.8 Å². The van der Waals surface area contributed by atoms with Crippen molar-refractivity contribution in [3.05, 3.63) is 98.4 Å². The Morgan fingerprint density at radius 1 is 1.17 bits per heavy atom. The van der Waals surface area contributed by atoms with Crippen LogP contribution in [-0.4, -0.2) is 10.5 Å². The van der Waals surface area contributed by atoms with E-state index in [9.17, 15) is 10.1 Å². The van der Waals surface area contributed by atoms with Crippen molar-refractivity contribution in [1.82, 2.24) is 4.57 Å². The number of benzene rings is 2. The molecule has 0 saturated heterocycles. The number of aryl methyl sites for hydroxylation is 1. The summed E-state index contributed by atoms with van der Waals surface area (Å²) in [6.45, 7) is 2.25. The Labute approximate surface area is 173 Å². The minimum absolute atomic E-state index is 0.162. The molecule has 4 rings (SSSR count). The van der Waals surface area contributed by atoms with Crippen molar-refractivity contribution in [3.8, 4) is 11.8 Å². The van der Waals surface area contributed by atoms with Gasteiger partial charge in [-0.15, -0.1) is 0 Å². The number of hydrogen-bond donors (Lipinski definition) is 1. The summed E-state index contributed by atoms with van der Waals surface area (Å²) < 4.78 is 7.28. The zero-order chi connectivity index (χ0) is 20.5. The lowest BCUT2D eigenvalue weighted by Crippen LogP contribution is -2.38. The predicted molar refractivity (Wildman–Crippen MR) is 112 cm³/mol. The number of nitrogens with zero attached hydrogens (tertiary/aromatic N) is 2. The van der Waals surface area contributed by atoms with Gasteiger partial charge in [-0.25, -0.2) is 0 Å². The molecule has 0 bridgehead atoms. The summed E-state index contributed by atoms with van der Waals surface area (Å²) in [5, 5.41) is 18.4. The van der Waals surface area contributed by atoms with Gasteiger partial charge >= 0.3 is 0 Å². The van der Waals surface area contributed by atoms with Gasteiger partial charge in [0.05, 0.1) is 18.2 Å². The molecule has 144 valence electrons. The molecular weight excluding hydrogens is 386 g/mol. The summed E-state index contributed by atoms with van der Waals surface area (Å²) in [4.78, 5) is 13.5. The summed E-state index contributed by atoms with van der Waals surface area (Å²) >= 11 is 6.17. The Kier molecular flexibility index (Phi) is 4.96. The Morgan fingerprint density at radius 3 is 2.62 bits per heavy atom. The molecular formula is C23H18ClN3O2. The van der Waals surface area contributed by atoms with Crippen molar-refractivity contribution in [2.45, 2.75) is 19.4 Å². The first-order chi connectivity index (χ1) is 14.0. The van der Waals surface area contributed by atoms with Crippen molar-refractivity contribution in [3.63, 3.8) is 0 Å². The SMILES string of the molecule is Cc1cc2c(c(=O)n1Cc1ccccc1)C(c1cccc(Cl)c1)C(C#N)C(=N)O2. The number of nitriles is 1. The van der Waals surface area contributed by atoms with Gasteiger partial charge in [0.2, 0.25) is 5.90 Å². The van der Waals surface area contributed by atoms with Crippen LogP contribution in [0.3, 0.4) is 0 Å².